The Balaban J connectivity index is 3.01. The van der Waals surface area contributed by atoms with E-state index >= 15 is 0 Å². The predicted molar refractivity (Wildman–Crippen MR) is 43.6 cm³/mol. The molecule has 6 nitrogen and oxygen atoms in total. The van der Waals surface area contributed by atoms with E-state index in [1.807, 2.05) is 0 Å². The van der Waals surface area contributed by atoms with Gasteiger partial charge in [0.25, 0.3) is 0 Å². The summed E-state index contributed by atoms with van der Waals surface area (Å²) in [5.41, 5.74) is 15.2. The summed E-state index contributed by atoms with van der Waals surface area (Å²) in [5, 5.41) is 0. The van der Waals surface area contributed by atoms with Crippen molar-refractivity contribution in [2.75, 3.05) is 13.1 Å². The molecule has 2 amide bonds. The summed E-state index contributed by atoms with van der Waals surface area (Å²) in [6, 6.07) is 0. The van der Waals surface area contributed by atoms with Gasteiger partial charge in [-0.2, -0.15) is 0 Å². The second kappa shape index (κ2) is 6.56. The van der Waals surface area contributed by atoms with Crippen LogP contribution in [0.3, 0.4) is 0 Å². The van der Waals surface area contributed by atoms with E-state index in [0.29, 0.717) is 13.1 Å². The van der Waals surface area contributed by atoms with Crippen molar-refractivity contribution in [2.45, 2.75) is 12.8 Å². The number of carbonyl (C=O) groups is 2. The fraction of sp³-hybridized carbons (Fsp3) is 0.667. The second-order valence-electron chi connectivity index (χ2n) is 2.29. The molecule has 0 aliphatic carbocycles. The van der Waals surface area contributed by atoms with Gasteiger partial charge in [-0.05, 0) is 0 Å². The lowest BCUT2D eigenvalue weighted by Crippen LogP contribution is -2.36. The monoisotopic (exact) mass is 174 g/mol. The molecule has 12 heavy (non-hydrogen) atoms. The molecule has 0 aromatic carbocycles. The van der Waals surface area contributed by atoms with Crippen molar-refractivity contribution in [3.05, 3.63) is 0 Å². The Morgan fingerprint density at radius 3 is 1.50 bits per heavy atom. The molecule has 0 aromatic rings. The van der Waals surface area contributed by atoms with Gasteiger partial charge >= 0.3 is 0 Å². The van der Waals surface area contributed by atoms with Gasteiger partial charge in [0.15, 0.2) is 0 Å². The average Bonchev–Trinajstić information content (AvgIpc) is 1.95. The van der Waals surface area contributed by atoms with Gasteiger partial charge in [-0.25, -0.2) is 0 Å². The molecule has 0 rings (SSSR count). The van der Waals surface area contributed by atoms with Gasteiger partial charge in [0, 0.05) is 25.9 Å². The van der Waals surface area contributed by atoms with Crippen LogP contribution in [0.5, 0.6) is 0 Å². The first-order chi connectivity index (χ1) is 5.63. The maximum atomic E-state index is 10.2. The molecule has 0 saturated carbocycles. The molecule has 0 radical (unpaired) electrons. The molecule has 0 fully saturated rings. The van der Waals surface area contributed by atoms with Gasteiger partial charge in [0.1, 0.15) is 0 Å². The van der Waals surface area contributed by atoms with Gasteiger partial charge < -0.3 is 11.5 Å². The third-order valence-corrected chi connectivity index (χ3v) is 1.12. The third kappa shape index (κ3) is 8.86. The van der Waals surface area contributed by atoms with Crippen LogP contribution < -0.4 is 22.3 Å². The smallest absolute Gasteiger partial charge is 0.218 e. The highest BCUT2D eigenvalue weighted by molar-refractivity contribution is 5.74. The molecule has 70 valence electrons. The van der Waals surface area contributed by atoms with Crippen LogP contribution >= 0.6 is 0 Å². The van der Waals surface area contributed by atoms with Crippen LogP contribution in [0.15, 0.2) is 0 Å². The van der Waals surface area contributed by atoms with Crippen molar-refractivity contribution in [3.63, 3.8) is 0 Å². The topological polar surface area (TPSA) is 110 Å². The maximum absolute atomic E-state index is 10.2. The van der Waals surface area contributed by atoms with E-state index in [4.69, 9.17) is 11.5 Å². The van der Waals surface area contributed by atoms with Crippen LogP contribution in [0.4, 0.5) is 0 Å². The molecule has 0 atom stereocenters. The van der Waals surface area contributed by atoms with Crippen molar-refractivity contribution in [2.24, 2.45) is 11.5 Å². The maximum Gasteiger partial charge on any atom is 0.218 e. The second-order valence-corrected chi connectivity index (χ2v) is 2.29. The van der Waals surface area contributed by atoms with Crippen LogP contribution in [-0.4, -0.2) is 24.9 Å². The first kappa shape index (κ1) is 10.9. The molecule has 0 aliphatic rings. The van der Waals surface area contributed by atoms with Crippen LogP contribution in [0, 0.1) is 0 Å². The van der Waals surface area contributed by atoms with Gasteiger partial charge in [-0.15, -0.1) is 0 Å². The number of hydrogen-bond donors (Lipinski definition) is 4. The van der Waals surface area contributed by atoms with E-state index < -0.39 is 0 Å². The summed E-state index contributed by atoms with van der Waals surface area (Å²) in [4.78, 5) is 20.4. The number of nitrogens with one attached hydrogen (secondary N) is 2. The summed E-state index contributed by atoms with van der Waals surface area (Å²) in [7, 11) is 0. The largest absolute Gasteiger partial charge is 0.370 e. The normalized spacial score (nSPS) is 9.67. The molecule has 0 aromatic heterocycles. The van der Waals surface area contributed by atoms with Crippen LogP contribution in [0.25, 0.3) is 0 Å². The highest BCUT2D eigenvalue weighted by Gasteiger charge is 1.94. The van der Waals surface area contributed by atoms with Gasteiger partial charge in [-0.3, -0.25) is 20.4 Å². The molecule has 6 N–H and O–H groups in total. The Morgan fingerprint density at radius 2 is 1.25 bits per heavy atom. The van der Waals surface area contributed by atoms with Gasteiger partial charge in [0.05, 0.1) is 0 Å². The van der Waals surface area contributed by atoms with Gasteiger partial charge in [-0.1, -0.05) is 0 Å². The molecule has 0 unspecified atom stereocenters. The predicted octanol–water partition coefficient (Wildman–Crippen LogP) is -2.17. The Hall–Kier alpha value is -1.14. The lowest BCUT2D eigenvalue weighted by Gasteiger charge is -2.03. The molecule has 0 bridgehead atoms. The van der Waals surface area contributed by atoms with Crippen molar-refractivity contribution < 1.29 is 9.59 Å². The molecular weight excluding hydrogens is 160 g/mol. The molecule has 0 spiro atoms. The van der Waals surface area contributed by atoms with Crippen molar-refractivity contribution in [1.29, 1.82) is 0 Å². The fourth-order valence-corrected chi connectivity index (χ4v) is 0.548. The molecule has 0 heterocycles. The van der Waals surface area contributed by atoms with Crippen LogP contribution in [0.2, 0.25) is 0 Å². The van der Waals surface area contributed by atoms with E-state index in [-0.39, 0.29) is 24.7 Å². The summed E-state index contributed by atoms with van der Waals surface area (Å²) in [5.74, 6) is -0.724. The quantitative estimate of drug-likeness (QED) is 0.260. The number of rotatable bonds is 7. The minimum atomic E-state index is -0.362. The third-order valence-electron chi connectivity index (χ3n) is 1.12. The lowest BCUT2D eigenvalue weighted by atomic mass is 10.4. The summed E-state index contributed by atoms with van der Waals surface area (Å²) < 4.78 is 0. The van der Waals surface area contributed by atoms with Crippen LogP contribution in [0.1, 0.15) is 12.8 Å². The first-order valence-electron chi connectivity index (χ1n) is 3.65. The molecule has 6 heteroatoms. The minimum Gasteiger partial charge on any atom is -0.370 e. The summed E-state index contributed by atoms with van der Waals surface area (Å²) >= 11 is 0. The van der Waals surface area contributed by atoms with E-state index in [1.165, 1.54) is 0 Å². The highest BCUT2D eigenvalue weighted by Crippen LogP contribution is 1.72. The Kier molecular flexibility index (Phi) is 5.94. The molecule has 0 saturated heterocycles. The highest BCUT2D eigenvalue weighted by atomic mass is 16.1. The van der Waals surface area contributed by atoms with Crippen LogP contribution in [-0.2, 0) is 9.59 Å². The first-order valence-corrected chi connectivity index (χ1v) is 3.65. The number of primary amides is 2. The van der Waals surface area contributed by atoms with Crippen molar-refractivity contribution in [1.82, 2.24) is 10.9 Å². The Bertz CT molecular complexity index is 142. The van der Waals surface area contributed by atoms with Crippen molar-refractivity contribution in [3.8, 4) is 0 Å². The zero-order valence-corrected chi connectivity index (χ0v) is 6.80. The number of hydrogen-bond acceptors (Lipinski definition) is 4. The Morgan fingerprint density at radius 1 is 0.917 bits per heavy atom. The molecule has 0 aliphatic heterocycles. The van der Waals surface area contributed by atoms with Crippen molar-refractivity contribution >= 4 is 11.8 Å². The number of hydrazine groups is 1. The van der Waals surface area contributed by atoms with E-state index in [0.717, 1.165) is 0 Å². The zero-order valence-electron chi connectivity index (χ0n) is 6.80. The van der Waals surface area contributed by atoms with Gasteiger partial charge in [0.2, 0.25) is 11.8 Å². The SMILES string of the molecule is NC(=O)CCNNCCC(N)=O. The Labute approximate surface area is 70.6 Å². The minimum absolute atomic E-state index is 0.267. The summed E-state index contributed by atoms with van der Waals surface area (Å²) in [6.07, 6.45) is 0.535. The number of carbonyl (C=O) groups excluding carboxylic acids is 2. The standard InChI is InChI=1S/C6H14N4O2/c7-5(11)1-3-9-10-4-2-6(8)12/h9-10H,1-4H2,(H2,7,11)(H2,8,12). The molecular formula is C6H14N4O2. The zero-order chi connectivity index (χ0) is 9.40. The van der Waals surface area contributed by atoms with E-state index in [2.05, 4.69) is 10.9 Å². The number of amides is 2. The number of nitrogens with two attached hydrogens (primary N) is 2. The lowest BCUT2D eigenvalue weighted by molar-refractivity contribution is -0.119. The average molecular weight is 174 g/mol. The summed E-state index contributed by atoms with van der Waals surface area (Å²) in [6.45, 7) is 0.905. The van der Waals surface area contributed by atoms with E-state index in [1.54, 1.807) is 0 Å². The fourth-order valence-electron chi connectivity index (χ4n) is 0.548. The van der Waals surface area contributed by atoms with E-state index in [9.17, 15) is 9.59 Å².